The third-order valence-electron chi connectivity index (χ3n) is 4.38. The van der Waals surface area contributed by atoms with Gasteiger partial charge in [0, 0.05) is 0 Å². The fraction of sp³-hybridized carbons (Fsp3) is 0.421. The van der Waals surface area contributed by atoms with E-state index in [1.54, 1.807) is 14.0 Å². The van der Waals surface area contributed by atoms with Crippen LogP contribution in [0.1, 0.15) is 33.3 Å². The first-order valence-electron chi connectivity index (χ1n) is 7.76. The summed E-state index contributed by atoms with van der Waals surface area (Å²) in [5.74, 6) is -0.110. The Morgan fingerprint density at radius 2 is 1.70 bits per heavy atom. The van der Waals surface area contributed by atoms with Gasteiger partial charge in [-0.2, -0.15) is 0 Å². The van der Waals surface area contributed by atoms with Crippen LogP contribution in [0.15, 0.2) is 36.4 Å². The lowest BCUT2D eigenvalue weighted by molar-refractivity contribution is -0.150. The predicted molar refractivity (Wildman–Crippen MR) is 91.2 cm³/mol. The number of hydrogen-bond donors (Lipinski definition) is 1. The van der Waals surface area contributed by atoms with Crippen LogP contribution in [0.4, 0.5) is 0 Å². The Labute approximate surface area is 137 Å². The van der Waals surface area contributed by atoms with Gasteiger partial charge < -0.3 is 14.6 Å². The van der Waals surface area contributed by atoms with E-state index in [0.29, 0.717) is 0 Å². The highest BCUT2D eigenvalue weighted by molar-refractivity contribution is 5.88. The molecular weight excluding hydrogens is 292 g/mol. The van der Waals surface area contributed by atoms with Gasteiger partial charge in [-0.3, -0.25) is 4.79 Å². The van der Waals surface area contributed by atoms with Gasteiger partial charge in [0.1, 0.15) is 11.2 Å². The van der Waals surface area contributed by atoms with E-state index in [1.165, 1.54) is 0 Å². The second kappa shape index (κ2) is 6.59. The van der Waals surface area contributed by atoms with E-state index in [9.17, 15) is 9.90 Å². The first kappa shape index (κ1) is 17.3. The van der Waals surface area contributed by atoms with Crippen molar-refractivity contribution >= 4 is 16.7 Å². The smallest absolute Gasteiger partial charge is 0.316 e. The first-order chi connectivity index (χ1) is 10.8. The molecule has 2 aromatic rings. The lowest BCUT2D eigenvalue weighted by atomic mass is 9.77. The highest BCUT2D eigenvalue weighted by Crippen LogP contribution is 2.33. The second-order valence-corrected chi connectivity index (χ2v) is 6.26. The normalized spacial score (nSPS) is 15.4. The van der Waals surface area contributed by atoms with Crippen LogP contribution >= 0.6 is 0 Å². The van der Waals surface area contributed by atoms with Gasteiger partial charge in [0.2, 0.25) is 0 Å². The van der Waals surface area contributed by atoms with E-state index >= 15 is 0 Å². The predicted octanol–water partition coefficient (Wildman–Crippen LogP) is 4.00. The largest absolute Gasteiger partial charge is 0.497 e. The Balaban J connectivity index is 2.51. The average molecular weight is 316 g/mol. The molecule has 0 radical (unpaired) electrons. The van der Waals surface area contributed by atoms with Gasteiger partial charge >= 0.3 is 5.97 Å². The number of carbonyl (C=O) groups is 1. The van der Waals surface area contributed by atoms with E-state index in [4.69, 9.17) is 9.47 Å². The van der Waals surface area contributed by atoms with Gasteiger partial charge in [-0.1, -0.05) is 18.2 Å². The van der Waals surface area contributed by atoms with E-state index in [1.807, 2.05) is 57.2 Å². The zero-order chi connectivity index (χ0) is 17.2. The van der Waals surface area contributed by atoms with E-state index < -0.39 is 17.5 Å². The van der Waals surface area contributed by atoms with Gasteiger partial charge in [0.15, 0.2) is 0 Å². The molecule has 0 aliphatic carbocycles. The number of carboxylic acids is 1. The summed E-state index contributed by atoms with van der Waals surface area (Å²) >= 11 is 0. The average Bonchev–Trinajstić information content (AvgIpc) is 2.52. The fourth-order valence-electron chi connectivity index (χ4n) is 2.75. The molecule has 1 N–H and O–H groups in total. The molecule has 2 atom stereocenters. The summed E-state index contributed by atoms with van der Waals surface area (Å²) in [6, 6.07) is 11.5. The van der Waals surface area contributed by atoms with Crippen LogP contribution in [-0.2, 0) is 14.9 Å². The molecule has 4 nitrogen and oxygen atoms in total. The van der Waals surface area contributed by atoms with Crippen molar-refractivity contribution in [3.63, 3.8) is 0 Å². The minimum atomic E-state index is -1.11. The maximum atomic E-state index is 12.0. The number of methoxy groups -OCH3 is 1. The molecule has 0 heterocycles. The van der Waals surface area contributed by atoms with Crippen LogP contribution in [0.25, 0.3) is 10.8 Å². The molecule has 2 aromatic carbocycles. The summed E-state index contributed by atoms with van der Waals surface area (Å²) in [5.41, 5.74) is -0.380. The first-order valence-corrected chi connectivity index (χ1v) is 7.76. The number of benzene rings is 2. The number of hydrogen-bond acceptors (Lipinski definition) is 3. The van der Waals surface area contributed by atoms with Crippen LogP contribution in [0.2, 0.25) is 0 Å². The molecule has 0 aliphatic rings. The molecule has 2 rings (SSSR count). The highest BCUT2D eigenvalue weighted by Gasteiger charge is 2.42. The summed E-state index contributed by atoms with van der Waals surface area (Å²) in [7, 11) is 1.63. The van der Waals surface area contributed by atoms with E-state index in [2.05, 4.69) is 0 Å². The molecule has 0 fully saturated rings. The van der Waals surface area contributed by atoms with E-state index in [-0.39, 0.29) is 6.10 Å². The van der Waals surface area contributed by atoms with Crippen molar-refractivity contribution in [3.8, 4) is 5.75 Å². The number of fused-ring (bicyclic) bond motifs is 1. The lowest BCUT2D eigenvalue weighted by Crippen LogP contribution is -2.45. The quantitative estimate of drug-likeness (QED) is 0.875. The Morgan fingerprint density at radius 3 is 2.26 bits per heavy atom. The van der Waals surface area contributed by atoms with Crippen LogP contribution in [0.3, 0.4) is 0 Å². The van der Waals surface area contributed by atoms with Crippen LogP contribution in [0, 0.1) is 0 Å². The zero-order valence-corrected chi connectivity index (χ0v) is 14.3. The molecule has 124 valence electrons. The van der Waals surface area contributed by atoms with Gasteiger partial charge in [0.05, 0.1) is 19.3 Å². The molecule has 23 heavy (non-hydrogen) atoms. The molecule has 0 unspecified atom stereocenters. The molecule has 0 saturated carbocycles. The summed E-state index contributed by atoms with van der Waals surface area (Å²) in [4.78, 5) is 12.0. The van der Waals surface area contributed by atoms with Gasteiger partial charge in [-0.05, 0) is 62.2 Å². The molecular formula is C19H24O4. The Morgan fingerprint density at radius 1 is 1.09 bits per heavy atom. The lowest BCUT2D eigenvalue weighted by Gasteiger charge is -2.33. The zero-order valence-electron chi connectivity index (χ0n) is 14.3. The van der Waals surface area contributed by atoms with Crippen LogP contribution in [0.5, 0.6) is 5.75 Å². The Kier molecular flexibility index (Phi) is 4.95. The Bertz CT molecular complexity index is 708. The number of ether oxygens (including phenoxy) is 2. The maximum Gasteiger partial charge on any atom is 0.316 e. The van der Waals surface area contributed by atoms with Crippen molar-refractivity contribution in [2.45, 2.75) is 45.3 Å². The molecule has 0 aromatic heterocycles. The number of aliphatic carboxylic acids is 1. The molecule has 0 aliphatic heterocycles. The Hall–Kier alpha value is -2.07. The summed E-state index contributed by atoms with van der Waals surface area (Å²) < 4.78 is 11.0. The molecule has 0 spiro atoms. The summed E-state index contributed by atoms with van der Waals surface area (Å²) in [6.45, 7) is 7.34. The van der Waals surface area contributed by atoms with E-state index in [0.717, 1.165) is 22.1 Å². The van der Waals surface area contributed by atoms with Crippen molar-refractivity contribution in [2.24, 2.45) is 0 Å². The topological polar surface area (TPSA) is 55.8 Å². The summed E-state index contributed by atoms with van der Waals surface area (Å²) in [5, 5.41) is 11.8. The van der Waals surface area contributed by atoms with Crippen LogP contribution < -0.4 is 4.74 Å². The van der Waals surface area contributed by atoms with Gasteiger partial charge in [0.25, 0.3) is 0 Å². The SMILES string of the molecule is COc1ccc2cc([C@@](C)(C(=O)O)[C@H](C)OC(C)C)ccc2c1. The molecule has 0 bridgehead atoms. The summed E-state index contributed by atoms with van der Waals surface area (Å²) in [6.07, 6.45) is -0.482. The molecule has 0 amide bonds. The van der Waals surface area contributed by atoms with Crippen LogP contribution in [-0.4, -0.2) is 30.4 Å². The van der Waals surface area contributed by atoms with Crippen molar-refractivity contribution in [2.75, 3.05) is 7.11 Å². The third-order valence-corrected chi connectivity index (χ3v) is 4.38. The van der Waals surface area contributed by atoms with Crippen molar-refractivity contribution in [1.29, 1.82) is 0 Å². The van der Waals surface area contributed by atoms with Gasteiger partial charge in [-0.25, -0.2) is 0 Å². The monoisotopic (exact) mass is 316 g/mol. The molecule has 4 heteroatoms. The van der Waals surface area contributed by atoms with Crippen molar-refractivity contribution < 1.29 is 19.4 Å². The van der Waals surface area contributed by atoms with Gasteiger partial charge in [-0.15, -0.1) is 0 Å². The number of carboxylic acid groups (broad SMARTS) is 1. The number of rotatable bonds is 6. The standard InChI is InChI=1S/C19H24O4/c1-12(2)23-13(3)19(4,18(20)21)16-8-6-15-11-17(22-5)9-7-14(15)10-16/h6-13H,1-5H3,(H,20,21)/t13-,19-/m0/s1. The highest BCUT2D eigenvalue weighted by atomic mass is 16.5. The maximum absolute atomic E-state index is 12.0. The van der Waals surface area contributed by atoms with Crippen molar-refractivity contribution in [3.05, 3.63) is 42.0 Å². The fourth-order valence-corrected chi connectivity index (χ4v) is 2.75. The minimum absolute atomic E-state index is 0.0339. The molecule has 0 saturated heterocycles. The third kappa shape index (κ3) is 3.32. The second-order valence-electron chi connectivity index (χ2n) is 6.26. The minimum Gasteiger partial charge on any atom is -0.497 e. The van der Waals surface area contributed by atoms with Crippen molar-refractivity contribution in [1.82, 2.24) is 0 Å².